The second-order valence-electron chi connectivity index (χ2n) is 18.1. The number of rotatable bonds is 10. The largest absolute Gasteiger partial charge is 0.311 e. The number of para-hydroxylation sites is 3. The topological polar surface area (TPSA) is 11.4 Å². The SMILES string of the molecule is c1ccc(-c2ccc(N(c3ccccc3)c3ccc(-n4c5ccc(N(c6ccccc6)c6ccccc6)cc5c5cc(C6(c7ccccc7)c7ccccc7-c7ccccc76)ccc54)cc3)cc2)cc1. The molecule has 0 atom stereocenters. The van der Waals surface area contributed by atoms with E-state index < -0.39 is 5.41 Å². The molecule has 3 heteroatoms. The second kappa shape index (κ2) is 17.2. The lowest BCUT2D eigenvalue weighted by atomic mass is 9.67. The maximum absolute atomic E-state index is 2.49. The average molecular weight is 894 g/mol. The van der Waals surface area contributed by atoms with Crippen LogP contribution in [0.5, 0.6) is 0 Å². The summed E-state index contributed by atoms with van der Waals surface area (Å²) in [7, 11) is 0. The number of anilines is 6. The summed E-state index contributed by atoms with van der Waals surface area (Å²) < 4.78 is 2.45. The molecule has 70 heavy (non-hydrogen) atoms. The van der Waals surface area contributed by atoms with Crippen molar-refractivity contribution in [1.82, 2.24) is 4.57 Å². The number of fused-ring (bicyclic) bond motifs is 6. The first-order chi connectivity index (χ1) is 34.7. The minimum atomic E-state index is -0.531. The van der Waals surface area contributed by atoms with Crippen LogP contribution in [0.3, 0.4) is 0 Å². The third kappa shape index (κ3) is 6.74. The van der Waals surface area contributed by atoms with E-state index >= 15 is 0 Å². The first kappa shape index (κ1) is 41.0. The lowest BCUT2D eigenvalue weighted by molar-refractivity contribution is 0.770. The van der Waals surface area contributed by atoms with Crippen LogP contribution in [0.2, 0.25) is 0 Å². The van der Waals surface area contributed by atoms with Gasteiger partial charge in [0.2, 0.25) is 0 Å². The van der Waals surface area contributed by atoms with E-state index in [0.717, 1.165) is 50.8 Å². The molecule has 1 aliphatic carbocycles. The van der Waals surface area contributed by atoms with Gasteiger partial charge in [-0.25, -0.2) is 0 Å². The van der Waals surface area contributed by atoms with E-state index in [-0.39, 0.29) is 0 Å². The van der Waals surface area contributed by atoms with E-state index in [0.29, 0.717) is 0 Å². The van der Waals surface area contributed by atoms with Crippen molar-refractivity contribution in [2.75, 3.05) is 9.80 Å². The fourth-order valence-corrected chi connectivity index (χ4v) is 11.2. The first-order valence-corrected chi connectivity index (χ1v) is 24.1. The zero-order valence-corrected chi connectivity index (χ0v) is 38.5. The molecule has 0 saturated carbocycles. The maximum atomic E-state index is 2.49. The van der Waals surface area contributed by atoms with E-state index in [2.05, 4.69) is 299 Å². The molecule has 330 valence electrons. The highest BCUT2D eigenvalue weighted by Crippen LogP contribution is 2.56. The summed E-state index contributed by atoms with van der Waals surface area (Å²) >= 11 is 0. The third-order valence-corrected chi connectivity index (χ3v) is 14.2. The van der Waals surface area contributed by atoms with Crippen LogP contribution in [0.25, 0.3) is 49.7 Å². The van der Waals surface area contributed by atoms with E-state index in [1.807, 2.05) is 0 Å². The molecule has 0 radical (unpaired) electrons. The van der Waals surface area contributed by atoms with Crippen LogP contribution in [0.15, 0.2) is 285 Å². The van der Waals surface area contributed by atoms with Crippen molar-refractivity contribution >= 4 is 55.9 Å². The molecule has 13 rings (SSSR count). The monoisotopic (exact) mass is 893 g/mol. The quantitative estimate of drug-likeness (QED) is 0.136. The summed E-state index contributed by atoms with van der Waals surface area (Å²) in [5, 5.41) is 2.38. The minimum absolute atomic E-state index is 0.531. The molecule has 11 aromatic carbocycles. The second-order valence-corrected chi connectivity index (χ2v) is 18.1. The standard InChI is InChI=1S/C67H47N3/c1-6-20-48(21-7-1)49-34-37-55(38-35-49)68(52-24-10-3-11-25-52)56-39-41-57(42-40-56)70-65-44-36-51(67(50-22-8-2-9-23-50)63-32-18-16-30-59(63)60-31-17-19-33-64(60)67)46-61(65)62-47-58(43-45-66(62)70)69(53-26-12-4-13-27-53)54-28-14-5-15-29-54/h1-47H. The van der Waals surface area contributed by atoms with Crippen molar-refractivity contribution in [3.8, 4) is 27.9 Å². The highest BCUT2D eigenvalue weighted by atomic mass is 15.1. The van der Waals surface area contributed by atoms with Crippen LogP contribution < -0.4 is 9.80 Å². The van der Waals surface area contributed by atoms with Crippen molar-refractivity contribution in [3.63, 3.8) is 0 Å². The fraction of sp³-hybridized carbons (Fsp3) is 0.0149. The van der Waals surface area contributed by atoms with Crippen LogP contribution in [0, 0.1) is 0 Å². The predicted molar refractivity (Wildman–Crippen MR) is 293 cm³/mol. The van der Waals surface area contributed by atoms with Gasteiger partial charge >= 0.3 is 0 Å². The molecule has 0 fully saturated rings. The molecule has 0 amide bonds. The Morgan fingerprint density at radius 1 is 0.271 bits per heavy atom. The van der Waals surface area contributed by atoms with E-state index in [1.165, 1.54) is 55.3 Å². The highest BCUT2D eigenvalue weighted by molar-refractivity contribution is 6.11. The molecule has 0 bridgehead atoms. The van der Waals surface area contributed by atoms with Crippen LogP contribution >= 0.6 is 0 Å². The number of hydrogen-bond acceptors (Lipinski definition) is 2. The van der Waals surface area contributed by atoms with Gasteiger partial charge in [-0.2, -0.15) is 0 Å². The fourth-order valence-electron chi connectivity index (χ4n) is 11.2. The lowest BCUT2D eigenvalue weighted by Crippen LogP contribution is -2.28. The van der Waals surface area contributed by atoms with E-state index in [9.17, 15) is 0 Å². The third-order valence-electron chi connectivity index (χ3n) is 14.2. The van der Waals surface area contributed by atoms with Gasteiger partial charge in [0, 0.05) is 50.6 Å². The molecule has 1 heterocycles. The maximum Gasteiger partial charge on any atom is 0.0713 e. The molecule has 0 N–H and O–H groups in total. The van der Waals surface area contributed by atoms with Gasteiger partial charge in [0.1, 0.15) is 0 Å². The average Bonchev–Trinajstić information content (AvgIpc) is 3.93. The van der Waals surface area contributed by atoms with Gasteiger partial charge in [-0.3, -0.25) is 0 Å². The first-order valence-electron chi connectivity index (χ1n) is 24.1. The summed E-state index contributed by atoms with van der Waals surface area (Å²) in [5.41, 5.74) is 19.5. The zero-order valence-electron chi connectivity index (χ0n) is 38.5. The zero-order chi connectivity index (χ0) is 46.4. The predicted octanol–water partition coefficient (Wildman–Crippen LogP) is 17.8. The molecule has 1 aromatic heterocycles. The molecule has 12 aromatic rings. The van der Waals surface area contributed by atoms with Gasteiger partial charge in [-0.15, -0.1) is 0 Å². The van der Waals surface area contributed by atoms with Crippen molar-refractivity contribution in [2.45, 2.75) is 5.41 Å². The van der Waals surface area contributed by atoms with E-state index in [4.69, 9.17) is 0 Å². The molecule has 1 aliphatic rings. The van der Waals surface area contributed by atoms with Crippen LogP contribution in [0.4, 0.5) is 34.1 Å². The minimum Gasteiger partial charge on any atom is -0.311 e. The highest BCUT2D eigenvalue weighted by Gasteiger charge is 2.46. The van der Waals surface area contributed by atoms with Gasteiger partial charge < -0.3 is 14.4 Å². The summed E-state index contributed by atoms with van der Waals surface area (Å²) in [6.07, 6.45) is 0. The van der Waals surface area contributed by atoms with Crippen LogP contribution in [-0.2, 0) is 5.41 Å². The van der Waals surface area contributed by atoms with Crippen LogP contribution in [0.1, 0.15) is 22.3 Å². The number of nitrogens with zero attached hydrogens (tertiary/aromatic N) is 3. The smallest absolute Gasteiger partial charge is 0.0713 e. The lowest BCUT2D eigenvalue weighted by Gasteiger charge is -2.34. The van der Waals surface area contributed by atoms with E-state index in [1.54, 1.807) is 0 Å². The molecule has 3 nitrogen and oxygen atoms in total. The van der Waals surface area contributed by atoms with Gasteiger partial charge in [-0.1, -0.05) is 182 Å². The summed E-state index contributed by atoms with van der Waals surface area (Å²) in [6, 6.07) is 104. The Labute approximate surface area is 409 Å². The molecule has 0 saturated heterocycles. The Kier molecular flexibility index (Phi) is 10.1. The molecular formula is C67H47N3. The van der Waals surface area contributed by atoms with Gasteiger partial charge in [-0.05, 0) is 148 Å². The Morgan fingerprint density at radius 2 is 0.657 bits per heavy atom. The van der Waals surface area contributed by atoms with Crippen molar-refractivity contribution in [2.24, 2.45) is 0 Å². The van der Waals surface area contributed by atoms with Gasteiger partial charge in [0.25, 0.3) is 0 Å². The van der Waals surface area contributed by atoms with Crippen molar-refractivity contribution < 1.29 is 0 Å². The Bertz CT molecular complexity index is 3710. The van der Waals surface area contributed by atoms with Gasteiger partial charge in [0.15, 0.2) is 0 Å². The molecule has 0 spiro atoms. The number of hydrogen-bond donors (Lipinski definition) is 0. The summed E-state index contributed by atoms with van der Waals surface area (Å²) in [5.74, 6) is 0. The van der Waals surface area contributed by atoms with Gasteiger partial charge in [0.05, 0.1) is 16.4 Å². The molecular weight excluding hydrogens is 847 g/mol. The van der Waals surface area contributed by atoms with Crippen molar-refractivity contribution in [3.05, 3.63) is 307 Å². The number of aromatic nitrogens is 1. The Morgan fingerprint density at radius 3 is 1.20 bits per heavy atom. The molecule has 0 unspecified atom stereocenters. The molecule has 0 aliphatic heterocycles. The summed E-state index contributed by atoms with van der Waals surface area (Å²) in [6.45, 7) is 0. The van der Waals surface area contributed by atoms with Crippen molar-refractivity contribution in [1.29, 1.82) is 0 Å². The normalized spacial score (nSPS) is 12.4. The Hall–Kier alpha value is -9.18. The van der Waals surface area contributed by atoms with Crippen LogP contribution in [-0.4, -0.2) is 4.57 Å². The number of benzene rings is 11. The summed E-state index contributed by atoms with van der Waals surface area (Å²) in [4.78, 5) is 4.70. The Balaban J connectivity index is 1.02.